The number of rotatable bonds is 11. The number of nitrogens with zero attached hydrogens (tertiary/aromatic N) is 5. The molecule has 0 bridgehead atoms. The summed E-state index contributed by atoms with van der Waals surface area (Å²) in [5.74, 6) is 7.72. The number of hydrogen-bond donors (Lipinski definition) is 5. The van der Waals surface area contributed by atoms with Gasteiger partial charge in [0.25, 0.3) is 32.4 Å². The van der Waals surface area contributed by atoms with Crippen LogP contribution in [0.1, 0.15) is 105 Å². The molecular weight excluding hydrogens is 1230 g/mol. The van der Waals surface area contributed by atoms with Gasteiger partial charge in [0.2, 0.25) is 11.7 Å². The number of amides is 2. The average Bonchev–Trinajstić information content (AvgIpc) is 4.03. The Bertz CT molecular complexity index is 1670. The zero-order valence-corrected chi connectivity index (χ0v) is 57.3. The van der Waals surface area contributed by atoms with Gasteiger partial charge in [-0.1, -0.05) is 59.6 Å². The molecule has 1 aliphatic rings. The molecule has 1 aliphatic heterocycles. The molecule has 2 amide bonds. The van der Waals surface area contributed by atoms with E-state index in [0.29, 0.717) is 30.5 Å². The first kappa shape index (κ1) is 77.5. The Labute approximate surface area is 520 Å². The van der Waals surface area contributed by atoms with Crippen molar-refractivity contribution in [3.05, 3.63) is 53.1 Å². The van der Waals surface area contributed by atoms with Gasteiger partial charge >= 0.3 is 138 Å². The summed E-state index contributed by atoms with van der Waals surface area (Å²) in [6.07, 6.45) is 8.54. The van der Waals surface area contributed by atoms with Gasteiger partial charge in [0.1, 0.15) is 5.78 Å². The molecule has 0 saturated carbocycles. The molecule has 3 aromatic rings. The van der Waals surface area contributed by atoms with Crippen molar-refractivity contribution in [3.63, 3.8) is 0 Å². The Morgan fingerprint density at radius 1 is 0.968 bits per heavy atom. The Balaban J connectivity index is -0.0000000960. The van der Waals surface area contributed by atoms with E-state index in [1.54, 1.807) is 38.2 Å². The second-order valence-corrected chi connectivity index (χ2v) is 17.5. The Kier molecular flexibility index (Phi) is 63.6. The van der Waals surface area contributed by atoms with Crippen LogP contribution < -0.4 is 154 Å². The molecule has 63 heavy (non-hydrogen) atoms. The van der Waals surface area contributed by atoms with Gasteiger partial charge < -0.3 is 46.8 Å². The first-order chi connectivity index (χ1) is 28.3. The van der Waals surface area contributed by atoms with E-state index in [4.69, 9.17) is 21.2 Å². The number of Topliss-reactive ketones (excluding diaryl/α,β-unsaturated/α-hetero) is 3. The standard InChI is InChI=1S/C9H13N3O.C7H11N3O.C7H10N2O.C5H9NO2.C4H9NO.C2H4Br2.CH2O3.3CH3.Al.ClH.2Cs.H/c1-3-7-6-12-5-4-11(2)9(13)8(12)10-7;1-3-5-4-9-6(10-5)7(11)8-2;1-3-6-4-8-7(9-6)5(2)10;1-3-8-5(6)4(2)7;1-2-4(6)3-5;3-1-2-4;2-1-4-3;;;;;;;;/h6H,3-5H2,1-2H3;4H,3H2,1-2H3,(H,8,11)(H,9,10);4H,3H2,1-2H3,(H,8,9);6H,3H2,1-2H3;2-3,5H2,1H3;1-2H2;1,3H;3*1H3;;1H;;;/q;;;;;;;;;;;;2*+1;-1/p-1. The molecule has 4 rings (SSSR count). The van der Waals surface area contributed by atoms with E-state index in [1.165, 1.54) is 13.8 Å². The van der Waals surface area contributed by atoms with Crippen molar-refractivity contribution in [1.29, 1.82) is 5.41 Å². The summed E-state index contributed by atoms with van der Waals surface area (Å²) in [5.41, 5.74) is 7.91. The van der Waals surface area contributed by atoms with Crippen LogP contribution in [0.2, 0.25) is 17.4 Å². The topological polar surface area (TPSA) is 284 Å². The smallest absolute Gasteiger partial charge is 1.00 e. The van der Waals surface area contributed by atoms with Gasteiger partial charge in [-0.25, -0.2) is 15.0 Å². The monoisotopic (exact) mass is 1290 g/mol. The number of halogens is 3. The maximum atomic E-state index is 11.6. The second-order valence-electron chi connectivity index (χ2n) is 12.4. The number of ketones is 3. The average molecular weight is 1300 g/mol. The third-order valence-electron chi connectivity index (χ3n) is 6.54. The number of H-pyrrole nitrogens is 2. The molecule has 19 nitrogen and oxygen atoms in total. The van der Waals surface area contributed by atoms with Gasteiger partial charge in [-0.3, -0.25) is 34.2 Å². The minimum Gasteiger partial charge on any atom is -1.00 e. The number of alkyl halides is 2. The summed E-state index contributed by atoms with van der Waals surface area (Å²) in [4.78, 5) is 84.2. The number of fused-ring (bicyclic) bond motifs is 1. The zero-order valence-electron chi connectivity index (χ0n) is 40.6. The van der Waals surface area contributed by atoms with Crippen LogP contribution >= 0.6 is 44.3 Å². The SMILES string of the molecule is BrCCBr.CCC(=O)CN.CCOC(=N)C(C)=O.CCc1cn2c(n1)C(=O)N(C)CC2.CCc1cnc(C(=O)NC)[nH]1.CCc1cnc(C(C)=O)[nH]1.Cl.O=CO[O-].[CH3][Al]([CH3])[CH3].[Cs+].[Cs+].[H-]. The molecule has 25 heteroatoms. The molecular formula is C38H68AlBr2ClCs2N10O9. The number of imidazole rings is 3. The molecule has 0 unspecified atom stereocenters. The van der Waals surface area contributed by atoms with Gasteiger partial charge in [0.05, 0.1) is 18.8 Å². The molecule has 0 radical (unpaired) electrons. The minimum atomic E-state index is -0.327. The fraction of sp³-hybridized carbons (Fsp3) is 0.579. The molecule has 4 heterocycles. The van der Waals surface area contributed by atoms with Crippen molar-refractivity contribution in [2.24, 2.45) is 5.73 Å². The molecule has 0 atom stereocenters. The van der Waals surface area contributed by atoms with E-state index < -0.39 is 0 Å². The number of aromatic amines is 2. The van der Waals surface area contributed by atoms with E-state index in [-0.39, 0.29) is 214 Å². The number of likely N-dealkylation sites (N-methyl/N-ethyl adjacent to an activating group) is 1. The summed E-state index contributed by atoms with van der Waals surface area (Å²) in [7, 11) is 3.39. The molecule has 0 fully saturated rings. The normalized spacial score (nSPS) is 9.65. The van der Waals surface area contributed by atoms with Gasteiger partial charge in [0.15, 0.2) is 23.3 Å². The largest absolute Gasteiger partial charge is 1.00 e. The fourth-order valence-electron chi connectivity index (χ4n) is 3.39. The van der Waals surface area contributed by atoms with E-state index in [2.05, 4.69) is 89.1 Å². The second kappa shape index (κ2) is 51.7. The number of carbonyl (C=O) groups is 6. The summed E-state index contributed by atoms with van der Waals surface area (Å²) in [6.45, 7) is 14.4. The van der Waals surface area contributed by atoms with E-state index >= 15 is 0 Å². The van der Waals surface area contributed by atoms with Gasteiger partial charge in [0, 0.05) is 88.1 Å². The summed E-state index contributed by atoms with van der Waals surface area (Å²) < 4.78 is 6.48. The van der Waals surface area contributed by atoms with Crippen molar-refractivity contribution < 1.29 is 183 Å². The van der Waals surface area contributed by atoms with Gasteiger partial charge in [-0.2, -0.15) is 0 Å². The molecule has 0 aliphatic carbocycles. The molecule has 0 aromatic carbocycles. The van der Waals surface area contributed by atoms with Crippen molar-refractivity contribution >= 4 is 99.9 Å². The number of ether oxygens (including phenoxy) is 1. The predicted molar refractivity (Wildman–Crippen MR) is 249 cm³/mol. The number of nitrogens with two attached hydrogens (primary N) is 1. The third kappa shape index (κ3) is 43.4. The van der Waals surface area contributed by atoms with Crippen LogP contribution in [0, 0.1) is 5.41 Å². The van der Waals surface area contributed by atoms with Crippen LogP contribution in [0.5, 0.6) is 0 Å². The number of aromatic nitrogens is 6. The first-order valence-electron chi connectivity index (χ1n) is 19.2. The van der Waals surface area contributed by atoms with Crippen LogP contribution in [0.3, 0.4) is 0 Å². The molecule has 350 valence electrons. The Morgan fingerprint density at radius 2 is 1.43 bits per heavy atom. The Hall–Kier alpha value is 0.326. The predicted octanol–water partition coefficient (Wildman–Crippen LogP) is -1.33. The number of nitrogens with one attached hydrogen (secondary N) is 4. The summed E-state index contributed by atoms with van der Waals surface area (Å²) in [6, 6.07) is 0. The van der Waals surface area contributed by atoms with E-state index in [0.717, 1.165) is 60.1 Å². The molecule has 3 aromatic heterocycles. The van der Waals surface area contributed by atoms with Gasteiger partial charge in [-0.15, -0.1) is 29.8 Å². The van der Waals surface area contributed by atoms with Gasteiger partial charge in [-0.05, 0) is 26.2 Å². The number of carbonyl (C=O) groups excluding carboxylic acids is 6. The van der Waals surface area contributed by atoms with Crippen molar-refractivity contribution in [2.45, 2.75) is 98.1 Å². The molecule has 0 saturated heterocycles. The minimum absolute atomic E-state index is 0. The van der Waals surface area contributed by atoms with Crippen LogP contribution in [0.4, 0.5) is 0 Å². The maximum absolute atomic E-state index is 11.6. The van der Waals surface area contributed by atoms with Crippen molar-refractivity contribution in [3.8, 4) is 0 Å². The summed E-state index contributed by atoms with van der Waals surface area (Å²) in [5, 5.41) is 19.8. The van der Waals surface area contributed by atoms with Crippen molar-refractivity contribution in [1.82, 2.24) is 39.7 Å². The first-order valence-corrected chi connectivity index (χ1v) is 24.9. The van der Waals surface area contributed by atoms with Crippen LogP contribution in [-0.4, -0.2) is 135 Å². The molecule has 6 N–H and O–H groups in total. The number of hydrogen-bond acceptors (Lipinski definition) is 14. The van der Waals surface area contributed by atoms with E-state index in [1.807, 2.05) is 38.6 Å². The number of aryl methyl sites for hydroxylation is 3. The maximum Gasteiger partial charge on any atom is 1.00 e. The van der Waals surface area contributed by atoms with Crippen LogP contribution in [0.25, 0.3) is 0 Å². The fourth-order valence-corrected chi connectivity index (χ4v) is 3.39. The van der Waals surface area contributed by atoms with Crippen molar-refractivity contribution in [2.75, 3.05) is 44.5 Å². The third-order valence-corrected chi connectivity index (χ3v) is 8.40. The Morgan fingerprint density at radius 3 is 1.70 bits per heavy atom. The quantitative estimate of drug-likeness (QED) is 0.0218. The van der Waals surface area contributed by atoms with Crippen LogP contribution in [-0.2, 0) is 49.8 Å². The zero-order chi connectivity index (χ0) is 47.2. The van der Waals surface area contributed by atoms with E-state index in [9.17, 15) is 24.0 Å². The molecule has 0 spiro atoms. The summed E-state index contributed by atoms with van der Waals surface area (Å²) >= 11 is 6.26. The van der Waals surface area contributed by atoms with Crippen LogP contribution in [0.15, 0.2) is 18.6 Å².